The number of aryl methyl sites for hydroxylation is 1. The van der Waals surface area contributed by atoms with Gasteiger partial charge in [-0.25, -0.2) is 9.59 Å². The van der Waals surface area contributed by atoms with Crippen molar-refractivity contribution in [2.45, 2.75) is 19.8 Å². The van der Waals surface area contributed by atoms with E-state index in [0.29, 0.717) is 12.2 Å². The van der Waals surface area contributed by atoms with E-state index in [9.17, 15) is 9.59 Å². The minimum Gasteiger partial charge on any atom is -0.478 e. The molecule has 1 aromatic rings. The Morgan fingerprint density at radius 3 is 2.57 bits per heavy atom. The highest BCUT2D eigenvalue weighted by atomic mass is 16.4. The van der Waals surface area contributed by atoms with Gasteiger partial charge in [0.2, 0.25) is 0 Å². The number of hydrogen-bond donors (Lipinski definition) is 3. The van der Waals surface area contributed by atoms with Gasteiger partial charge >= 0.3 is 12.0 Å². The quantitative estimate of drug-likeness (QED) is 0.673. The summed E-state index contributed by atoms with van der Waals surface area (Å²) >= 11 is 0. The lowest BCUT2D eigenvalue weighted by Crippen LogP contribution is -2.30. The van der Waals surface area contributed by atoms with E-state index in [4.69, 9.17) is 5.11 Å². The summed E-state index contributed by atoms with van der Waals surface area (Å²) in [6, 6.07) is 4.52. The smallest absolute Gasteiger partial charge is 0.337 e. The summed E-state index contributed by atoms with van der Waals surface area (Å²) in [6.07, 6.45) is 1.88. The van der Waals surface area contributed by atoms with Gasteiger partial charge < -0.3 is 20.6 Å². The van der Waals surface area contributed by atoms with E-state index in [0.717, 1.165) is 24.9 Å². The second-order valence-corrected chi connectivity index (χ2v) is 5.19. The topological polar surface area (TPSA) is 81.7 Å². The van der Waals surface area contributed by atoms with Gasteiger partial charge in [-0.3, -0.25) is 0 Å². The van der Waals surface area contributed by atoms with Crippen LogP contribution in [0.2, 0.25) is 0 Å². The number of carboxylic acids is 1. The molecule has 0 aliphatic rings. The zero-order chi connectivity index (χ0) is 15.8. The molecule has 0 fully saturated rings. The van der Waals surface area contributed by atoms with Crippen LogP contribution in [0.1, 0.15) is 28.8 Å². The molecule has 0 aliphatic carbocycles. The Kier molecular flexibility index (Phi) is 6.68. The Balaban J connectivity index is 2.50. The van der Waals surface area contributed by atoms with Crippen LogP contribution >= 0.6 is 0 Å². The molecule has 116 valence electrons. The van der Waals surface area contributed by atoms with Gasteiger partial charge in [-0.2, -0.15) is 0 Å². The fourth-order valence-corrected chi connectivity index (χ4v) is 1.92. The normalized spacial score (nSPS) is 10.5. The molecule has 6 heteroatoms. The number of nitrogens with one attached hydrogen (secondary N) is 2. The number of aromatic carboxylic acids is 1. The van der Waals surface area contributed by atoms with E-state index in [1.54, 1.807) is 19.1 Å². The Labute approximate surface area is 125 Å². The standard InChI is InChI=1S/C15H23N3O3/c1-11-7-6-8-12(14(19)20)13(11)17-15(21)16-9-4-5-10-18(2)3/h6-8H,4-5,9-10H2,1-3H3,(H,19,20)(H2,16,17,21). The number of hydrogen-bond acceptors (Lipinski definition) is 3. The molecule has 0 radical (unpaired) electrons. The fourth-order valence-electron chi connectivity index (χ4n) is 1.92. The number of para-hydroxylation sites is 1. The number of rotatable bonds is 7. The minimum atomic E-state index is -1.06. The van der Waals surface area contributed by atoms with Crippen LogP contribution < -0.4 is 10.6 Å². The van der Waals surface area contributed by atoms with Crippen molar-refractivity contribution in [1.82, 2.24) is 10.2 Å². The maximum atomic E-state index is 11.8. The van der Waals surface area contributed by atoms with Crippen LogP contribution in [0.25, 0.3) is 0 Å². The highest BCUT2D eigenvalue weighted by Crippen LogP contribution is 2.20. The van der Waals surface area contributed by atoms with E-state index < -0.39 is 5.97 Å². The zero-order valence-corrected chi connectivity index (χ0v) is 12.8. The Morgan fingerprint density at radius 2 is 1.95 bits per heavy atom. The molecule has 3 N–H and O–H groups in total. The fraction of sp³-hybridized carbons (Fsp3) is 0.467. The molecule has 0 spiro atoms. The number of carbonyl (C=O) groups excluding carboxylic acids is 1. The predicted molar refractivity (Wildman–Crippen MR) is 82.9 cm³/mol. The van der Waals surface area contributed by atoms with Gasteiger partial charge in [-0.05, 0) is 52.0 Å². The molecule has 0 atom stereocenters. The minimum absolute atomic E-state index is 0.0951. The first-order valence-electron chi connectivity index (χ1n) is 6.94. The number of benzene rings is 1. The summed E-state index contributed by atoms with van der Waals surface area (Å²) in [5, 5.41) is 14.5. The van der Waals surface area contributed by atoms with Crippen molar-refractivity contribution in [3.63, 3.8) is 0 Å². The van der Waals surface area contributed by atoms with Crippen LogP contribution in [0, 0.1) is 6.92 Å². The number of urea groups is 1. The predicted octanol–water partition coefficient (Wildman–Crippen LogP) is 2.16. The highest BCUT2D eigenvalue weighted by molar-refractivity contribution is 6.00. The first kappa shape index (κ1) is 17.0. The van der Waals surface area contributed by atoms with Crippen molar-refractivity contribution in [1.29, 1.82) is 0 Å². The van der Waals surface area contributed by atoms with Crippen LogP contribution in [-0.2, 0) is 0 Å². The largest absolute Gasteiger partial charge is 0.478 e. The highest BCUT2D eigenvalue weighted by Gasteiger charge is 2.13. The third kappa shape index (κ3) is 5.83. The van der Waals surface area contributed by atoms with Crippen molar-refractivity contribution in [2.24, 2.45) is 0 Å². The summed E-state index contributed by atoms with van der Waals surface area (Å²) in [7, 11) is 4.01. The SMILES string of the molecule is Cc1cccc(C(=O)O)c1NC(=O)NCCCCN(C)C. The Bertz CT molecular complexity index is 501. The molecular formula is C15H23N3O3. The van der Waals surface area contributed by atoms with Crippen LogP contribution in [0.4, 0.5) is 10.5 Å². The number of amides is 2. The number of carboxylic acid groups (broad SMARTS) is 1. The summed E-state index contributed by atoms with van der Waals surface area (Å²) < 4.78 is 0. The summed E-state index contributed by atoms with van der Waals surface area (Å²) in [6.45, 7) is 3.30. The summed E-state index contributed by atoms with van der Waals surface area (Å²) in [5.41, 5.74) is 1.16. The second-order valence-electron chi connectivity index (χ2n) is 5.19. The third-order valence-electron chi connectivity index (χ3n) is 3.06. The molecule has 1 rings (SSSR count). The van der Waals surface area contributed by atoms with Gasteiger partial charge in [0.1, 0.15) is 0 Å². The van der Waals surface area contributed by atoms with Crippen molar-refractivity contribution < 1.29 is 14.7 Å². The summed E-state index contributed by atoms with van der Waals surface area (Å²) in [4.78, 5) is 25.0. The molecule has 0 heterocycles. The molecule has 0 bridgehead atoms. The average molecular weight is 293 g/mol. The molecular weight excluding hydrogens is 270 g/mol. The zero-order valence-electron chi connectivity index (χ0n) is 12.8. The Morgan fingerprint density at radius 1 is 1.24 bits per heavy atom. The number of nitrogens with zero attached hydrogens (tertiary/aromatic N) is 1. The van der Waals surface area contributed by atoms with Crippen LogP contribution in [0.15, 0.2) is 18.2 Å². The first-order valence-corrected chi connectivity index (χ1v) is 6.94. The van der Waals surface area contributed by atoms with Crippen molar-refractivity contribution >= 4 is 17.7 Å². The van der Waals surface area contributed by atoms with E-state index >= 15 is 0 Å². The van der Waals surface area contributed by atoms with Gasteiger partial charge in [-0.1, -0.05) is 12.1 Å². The average Bonchev–Trinajstić information content (AvgIpc) is 2.40. The van der Waals surface area contributed by atoms with E-state index in [2.05, 4.69) is 15.5 Å². The van der Waals surface area contributed by atoms with E-state index in [1.165, 1.54) is 6.07 Å². The molecule has 2 amide bonds. The maximum Gasteiger partial charge on any atom is 0.337 e. The number of unbranched alkanes of at least 4 members (excludes halogenated alkanes) is 1. The molecule has 21 heavy (non-hydrogen) atoms. The van der Waals surface area contributed by atoms with Gasteiger partial charge in [0, 0.05) is 6.54 Å². The lowest BCUT2D eigenvalue weighted by atomic mass is 10.1. The molecule has 1 aromatic carbocycles. The van der Waals surface area contributed by atoms with Crippen molar-refractivity contribution in [3.8, 4) is 0 Å². The molecule has 0 aliphatic heterocycles. The van der Waals surface area contributed by atoms with Crippen molar-refractivity contribution in [3.05, 3.63) is 29.3 Å². The van der Waals surface area contributed by atoms with Gasteiger partial charge in [0.15, 0.2) is 0 Å². The van der Waals surface area contributed by atoms with Gasteiger partial charge in [-0.15, -0.1) is 0 Å². The lowest BCUT2D eigenvalue weighted by Gasteiger charge is -2.13. The number of anilines is 1. The summed E-state index contributed by atoms with van der Waals surface area (Å²) in [5.74, 6) is -1.06. The molecule has 0 aromatic heterocycles. The number of carbonyl (C=O) groups is 2. The van der Waals surface area contributed by atoms with E-state index in [1.807, 2.05) is 14.1 Å². The molecule has 6 nitrogen and oxygen atoms in total. The second kappa shape index (κ2) is 8.26. The maximum absolute atomic E-state index is 11.8. The van der Waals surface area contributed by atoms with Crippen LogP contribution in [0.5, 0.6) is 0 Å². The lowest BCUT2D eigenvalue weighted by molar-refractivity contribution is 0.0698. The van der Waals surface area contributed by atoms with E-state index in [-0.39, 0.29) is 11.6 Å². The molecule has 0 saturated carbocycles. The van der Waals surface area contributed by atoms with Crippen LogP contribution in [-0.4, -0.2) is 49.2 Å². The monoisotopic (exact) mass is 293 g/mol. The molecule has 0 saturated heterocycles. The third-order valence-corrected chi connectivity index (χ3v) is 3.06. The van der Waals surface area contributed by atoms with Gasteiger partial charge in [0.25, 0.3) is 0 Å². The first-order chi connectivity index (χ1) is 9.91. The Hall–Kier alpha value is -2.08. The van der Waals surface area contributed by atoms with Crippen LogP contribution in [0.3, 0.4) is 0 Å². The van der Waals surface area contributed by atoms with Gasteiger partial charge in [0.05, 0.1) is 11.3 Å². The van der Waals surface area contributed by atoms with Crippen molar-refractivity contribution in [2.75, 3.05) is 32.5 Å². The molecule has 0 unspecified atom stereocenters.